The molecule has 0 aromatic heterocycles. The Kier molecular flexibility index (Phi) is 5.34. The average molecular weight is 287 g/mol. The van der Waals surface area contributed by atoms with Gasteiger partial charge in [0, 0.05) is 5.56 Å². The number of benzene rings is 2. The summed E-state index contributed by atoms with van der Waals surface area (Å²) < 4.78 is 19.4. The number of ether oxygens (including phenoxy) is 1. The Morgan fingerprint density at radius 1 is 1.14 bits per heavy atom. The Morgan fingerprint density at radius 3 is 2.57 bits per heavy atom. The molecule has 1 N–H and O–H groups in total. The third kappa shape index (κ3) is 3.82. The lowest BCUT2D eigenvalue weighted by Crippen LogP contribution is -2.23. The highest BCUT2D eigenvalue weighted by Gasteiger charge is 2.18. The molecule has 0 amide bonds. The SMILES string of the molecule is CCNC(c1cc(C)cc(F)c1)c1ccccc1OCC. The Balaban J connectivity index is 2.48. The molecule has 0 fully saturated rings. The second kappa shape index (κ2) is 7.23. The van der Waals surface area contributed by atoms with Crippen molar-refractivity contribution in [3.63, 3.8) is 0 Å². The molecule has 0 bridgehead atoms. The number of aryl methyl sites for hydroxylation is 1. The van der Waals surface area contributed by atoms with Crippen molar-refractivity contribution in [2.24, 2.45) is 0 Å². The second-order valence-electron chi connectivity index (χ2n) is 5.02. The molecule has 0 aliphatic carbocycles. The highest BCUT2D eigenvalue weighted by atomic mass is 19.1. The van der Waals surface area contributed by atoms with Gasteiger partial charge in [-0.25, -0.2) is 4.39 Å². The Labute approximate surface area is 126 Å². The van der Waals surface area contributed by atoms with Crippen molar-refractivity contribution < 1.29 is 9.13 Å². The zero-order chi connectivity index (χ0) is 15.2. The first-order valence-corrected chi connectivity index (χ1v) is 7.37. The lowest BCUT2D eigenvalue weighted by atomic mass is 9.96. The van der Waals surface area contributed by atoms with Gasteiger partial charge in [-0.05, 0) is 49.7 Å². The number of hydrogen-bond donors (Lipinski definition) is 1. The van der Waals surface area contributed by atoms with Gasteiger partial charge in [0.05, 0.1) is 12.6 Å². The van der Waals surface area contributed by atoms with E-state index in [0.717, 1.165) is 29.0 Å². The maximum Gasteiger partial charge on any atom is 0.124 e. The van der Waals surface area contributed by atoms with Crippen LogP contribution in [0.5, 0.6) is 5.75 Å². The molecule has 0 saturated carbocycles. The normalized spacial score (nSPS) is 12.2. The summed E-state index contributed by atoms with van der Waals surface area (Å²) in [5.41, 5.74) is 2.87. The molecule has 0 spiro atoms. The lowest BCUT2D eigenvalue weighted by molar-refractivity contribution is 0.333. The summed E-state index contributed by atoms with van der Waals surface area (Å²) in [7, 11) is 0. The second-order valence-corrected chi connectivity index (χ2v) is 5.02. The molecule has 0 saturated heterocycles. The van der Waals surface area contributed by atoms with E-state index in [1.807, 2.05) is 51.1 Å². The van der Waals surface area contributed by atoms with Crippen LogP contribution in [-0.4, -0.2) is 13.2 Å². The van der Waals surface area contributed by atoms with Gasteiger partial charge in [0.1, 0.15) is 11.6 Å². The number of nitrogens with one attached hydrogen (secondary N) is 1. The zero-order valence-electron chi connectivity index (χ0n) is 12.8. The first kappa shape index (κ1) is 15.5. The third-order valence-electron chi connectivity index (χ3n) is 3.34. The minimum Gasteiger partial charge on any atom is -0.494 e. The summed E-state index contributed by atoms with van der Waals surface area (Å²) in [6.45, 7) is 7.32. The van der Waals surface area contributed by atoms with Crippen LogP contribution in [-0.2, 0) is 0 Å². The fourth-order valence-corrected chi connectivity index (χ4v) is 2.55. The van der Waals surface area contributed by atoms with E-state index in [4.69, 9.17) is 4.74 Å². The van der Waals surface area contributed by atoms with E-state index in [1.54, 1.807) is 12.1 Å². The standard InChI is InChI=1S/C18H22FNO/c1-4-20-18(14-10-13(3)11-15(19)12-14)16-8-6-7-9-17(16)21-5-2/h6-12,18,20H,4-5H2,1-3H3. The van der Waals surface area contributed by atoms with Crippen LogP contribution in [0.1, 0.15) is 36.6 Å². The predicted octanol–water partition coefficient (Wildman–Crippen LogP) is 4.23. The van der Waals surface area contributed by atoms with E-state index >= 15 is 0 Å². The molecule has 0 radical (unpaired) electrons. The molecule has 2 aromatic carbocycles. The summed E-state index contributed by atoms with van der Waals surface area (Å²) in [5, 5.41) is 3.42. The molecular formula is C18H22FNO. The van der Waals surface area contributed by atoms with Crippen LogP contribution in [0.3, 0.4) is 0 Å². The van der Waals surface area contributed by atoms with Crippen LogP contribution < -0.4 is 10.1 Å². The van der Waals surface area contributed by atoms with Crippen molar-refractivity contribution >= 4 is 0 Å². The van der Waals surface area contributed by atoms with E-state index < -0.39 is 0 Å². The Hall–Kier alpha value is -1.87. The molecular weight excluding hydrogens is 265 g/mol. The summed E-state index contributed by atoms with van der Waals surface area (Å²) in [6.07, 6.45) is 0. The summed E-state index contributed by atoms with van der Waals surface area (Å²) in [4.78, 5) is 0. The van der Waals surface area contributed by atoms with Gasteiger partial charge in [0.15, 0.2) is 0 Å². The van der Waals surface area contributed by atoms with E-state index in [2.05, 4.69) is 5.32 Å². The topological polar surface area (TPSA) is 21.3 Å². The third-order valence-corrected chi connectivity index (χ3v) is 3.34. The smallest absolute Gasteiger partial charge is 0.124 e. The van der Waals surface area contributed by atoms with Crippen molar-refractivity contribution in [3.8, 4) is 5.75 Å². The average Bonchev–Trinajstić information content (AvgIpc) is 2.45. The highest BCUT2D eigenvalue weighted by Crippen LogP contribution is 2.30. The summed E-state index contributed by atoms with van der Waals surface area (Å²) in [5.74, 6) is 0.634. The molecule has 0 aliphatic rings. The summed E-state index contributed by atoms with van der Waals surface area (Å²) >= 11 is 0. The molecule has 3 heteroatoms. The van der Waals surface area contributed by atoms with Crippen LogP contribution in [0, 0.1) is 12.7 Å². The molecule has 1 unspecified atom stereocenters. The molecule has 2 nitrogen and oxygen atoms in total. The minimum absolute atomic E-state index is 0.0767. The van der Waals surface area contributed by atoms with Crippen LogP contribution in [0.2, 0.25) is 0 Å². The van der Waals surface area contributed by atoms with Gasteiger partial charge in [-0.3, -0.25) is 0 Å². The minimum atomic E-state index is -0.207. The van der Waals surface area contributed by atoms with Crippen molar-refractivity contribution in [1.29, 1.82) is 0 Å². The van der Waals surface area contributed by atoms with Crippen molar-refractivity contribution in [2.75, 3.05) is 13.2 Å². The zero-order valence-corrected chi connectivity index (χ0v) is 12.8. The molecule has 0 aliphatic heterocycles. The first-order valence-electron chi connectivity index (χ1n) is 7.37. The lowest BCUT2D eigenvalue weighted by Gasteiger charge is -2.22. The number of halogens is 1. The molecule has 112 valence electrons. The highest BCUT2D eigenvalue weighted by molar-refractivity contribution is 5.42. The maximum atomic E-state index is 13.7. The van der Waals surface area contributed by atoms with Crippen molar-refractivity contribution in [3.05, 3.63) is 65.0 Å². The fourth-order valence-electron chi connectivity index (χ4n) is 2.55. The Bertz CT molecular complexity index is 577. The molecule has 2 aromatic rings. The Morgan fingerprint density at radius 2 is 1.90 bits per heavy atom. The van der Waals surface area contributed by atoms with Gasteiger partial charge < -0.3 is 10.1 Å². The largest absolute Gasteiger partial charge is 0.494 e. The van der Waals surface area contributed by atoms with Crippen molar-refractivity contribution in [1.82, 2.24) is 5.32 Å². The summed E-state index contributed by atoms with van der Waals surface area (Å²) in [6, 6.07) is 13.0. The number of rotatable bonds is 6. The quantitative estimate of drug-likeness (QED) is 0.858. The molecule has 0 heterocycles. The van der Waals surface area contributed by atoms with Crippen LogP contribution in [0.25, 0.3) is 0 Å². The number of para-hydroxylation sites is 1. The van der Waals surface area contributed by atoms with E-state index in [-0.39, 0.29) is 11.9 Å². The van der Waals surface area contributed by atoms with Gasteiger partial charge in [-0.1, -0.05) is 31.2 Å². The maximum absolute atomic E-state index is 13.7. The van der Waals surface area contributed by atoms with Gasteiger partial charge in [-0.2, -0.15) is 0 Å². The van der Waals surface area contributed by atoms with Crippen LogP contribution in [0.15, 0.2) is 42.5 Å². The molecule has 21 heavy (non-hydrogen) atoms. The molecule has 2 rings (SSSR count). The van der Waals surface area contributed by atoms with Gasteiger partial charge in [0.25, 0.3) is 0 Å². The van der Waals surface area contributed by atoms with E-state index in [1.165, 1.54) is 0 Å². The van der Waals surface area contributed by atoms with E-state index in [9.17, 15) is 4.39 Å². The monoisotopic (exact) mass is 287 g/mol. The van der Waals surface area contributed by atoms with Crippen molar-refractivity contribution in [2.45, 2.75) is 26.8 Å². The predicted molar refractivity (Wildman–Crippen MR) is 84.3 cm³/mol. The van der Waals surface area contributed by atoms with Gasteiger partial charge in [-0.15, -0.1) is 0 Å². The van der Waals surface area contributed by atoms with E-state index in [0.29, 0.717) is 6.61 Å². The van der Waals surface area contributed by atoms with Gasteiger partial charge >= 0.3 is 0 Å². The fraction of sp³-hybridized carbons (Fsp3) is 0.333. The van der Waals surface area contributed by atoms with Gasteiger partial charge in [0.2, 0.25) is 0 Å². The van der Waals surface area contributed by atoms with Crippen LogP contribution in [0.4, 0.5) is 4.39 Å². The van der Waals surface area contributed by atoms with Crippen LogP contribution >= 0.6 is 0 Å². The number of hydrogen-bond acceptors (Lipinski definition) is 2. The molecule has 1 atom stereocenters. The first-order chi connectivity index (χ1) is 10.2.